The number of hydrogen-bond acceptors (Lipinski definition) is 6. The Morgan fingerprint density at radius 3 is 2.83 bits per heavy atom. The zero-order chi connectivity index (χ0) is 16.2. The van der Waals surface area contributed by atoms with E-state index >= 15 is 0 Å². The normalized spacial score (nSPS) is 15.1. The number of pyridine rings is 1. The van der Waals surface area contributed by atoms with E-state index in [1.807, 2.05) is 36.4 Å². The zero-order valence-electron chi connectivity index (χ0n) is 13.4. The number of benzene rings is 1. The maximum Gasteiger partial charge on any atom is 0.298 e. The zero-order valence-corrected chi connectivity index (χ0v) is 13.4. The number of fused-ring (bicyclic) bond motifs is 1. The van der Waals surface area contributed by atoms with Crippen molar-refractivity contribution in [3.63, 3.8) is 0 Å². The minimum Gasteiger partial charge on any atom is -0.423 e. The molecule has 1 saturated heterocycles. The van der Waals surface area contributed by atoms with Crippen molar-refractivity contribution in [3.05, 3.63) is 53.9 Å². The Bertz CT molecular complexity index is 797. The lowest BCUT2D eigenvalue weighted by molar-refractivity contribution is 0.105. The van der Waals surface area contributed by atoms with E-state index < -0.39 is 0 Å². The molecule has 1 aromatic carbocycles. The van der Waals surface area contributed by atoms with Crippen molar-refractivity contribution in [1.82, 2.24) is 15.3 Å². The summed E-state index contributed by atoms with van der Waals surface area (Å²) in [5.74, 6) is 0. The maximum atomic E-state index is 5.93. The molecule has 0 bridgehead atoms. The summed E-state index contributed by atoms with van der Waals surface area (Å²) in [6, 6.07) is 12.5. The van der Waals surface area contributed by atoms with Gasteiger partial charge in [-0.3, -0.25) is 4.98 Å². The first-order valence-electron chi connectivity index (χ1n) is 8.22. The molecule has 4 rings (SSSR count). The fourth-order valence-electron chi connectivity index (χ4n) is 2.85. The first-order valence-corrected chi connectivity index (χ1v) is 8.22. The molecule has 0 unspecified atom stereocenters. The van der Waals surface area contributed by atoms with E-state index in [-0.39, 0.29) is 0 Å². The van der Waals surface area contributed by atoms with Crippen LogP contribution in [-0.4, -0.2) is 36.1 Å². The van der Waals surface area contributed by atoms with Crippen molar-refractivity contribution in [3.8, 4) is 0 Å². The standard InChI is InChI=1S/C18H20N4O2/c1-2-7-20-15(5-1)13-23-12-14-4-3-6-16-17(14)21-18(24-16)22-10-8-19-9-11-22/h1-7,19H,8-13H2. The summed E-state index contributed by atoms with van der Waals surface area (Å²) in [6.07, 6.45) is 1.77. The highest BCUT2D eigenvalue weighted by Gasteiger charge is 2.17. The molecule has 1 aliphatic rings. The van der Waals surface area contributed by atoms with E-state index in [0.717, 1.165) is 48.5 Å². The number of aromatic nitrogens is 2. The lowest BCUT2D eigenvalue weighted by Crippen LogP contribution is -2.43. The van der Waals surface area contributed by atoms with Crippen LogP contribution in [0.5, 0.6) is 0 Å². The van der Waals surface area contributed by atoms with Crippen LogP contribution in [0.25, 0.3) is 11.1 Å². The van der Waals surface area contributed by atoms with Gasteiger partial charge in [0.1, 0.15) is 5.52 Å². The fraction of sp³-hybridized carbons (Fsp3) is 0.333. The van der Waals surface area contributed by atoms with Crippen LogP contribution in [0.1, 0.15) is 11.3 Å². The summed E-state index contributed by atoms with van der Waals surface area (Å²) < 4.78 is 11.7. The van der Waals surface area contributed by atoms with Gasteiger partial charge >= 0.3 is 0 Å². The average molecular weight is 324 g/mol. The molecule has 24 heavy (non-hydrogen) atoms. The van der Waals surface area contributed by atoms with Crippen LogP contribution >= 0.6 is 0 Å². The number of hydrogen-bond donors (Lipinski definition) is 1. The van der Waals surface area contributed by atoms with Crippen LogP contribution in [-0.2, 0) is 18.0 Å². The predicted molar refractivity (Wildman–Crippen MR) is 91.8 cm³/mol. The van der Waals surface area contributed by atoms with Crippen molar-refractivity contribution in [2.24, 2.45) is 0 Å². The highest BCUT2D eigenvalue weighted by molar-refractivity contribution is 5.78. The summed E-state index contributed by atoms with van der Waals surface area (Å²) in [4.78, 5) is 11.1. The number of piperazine rings is 1. The fourth-order valence-corrected chi connectivity index (χ4v) is 2.85. The largest absolute Gasteiger partial charge is 0.423 e. The number of anilines is 1. The van der Waals surface area contributed by atoms with Crippen LogP contribution in [0.3, 0.4) is 0 Å². The van der Waals surface area contributed by atoms with Gasteiger partial charge in [-0.2, -0.15) is 4.98 Å². The summed E-state index contributed by atoms with van der Waals surface area (Å²) in [6.45, 7) is 4.72. The predicted octanol–water partition coefficient (Wildman–Crippen LogP) is 2.35. The Hall–Kier alpha value is -2.44. The van der Waals surface area contributed by atoms with Crippen LogP contribution < -0.4 is 10.2 Å². The monoisotopic (exact) mass is 324 g/mol. The molecular formula is C18H20N4O2. The number of ether oxygens (including phenoxy) is 1. The summed E-state index contributed by atoms with van der Waals surface area (Å²) in [5.41, 5.74) is 3.65. The highest BCUT2D eigenvalue weighted by atomic mass is 16.5. The molecule has 1 aliphatic heterocycles. The lowest BCUT2D eigenvalue weighted by atomic mass is 10.2. The number of para-hydroxylation sites is 1. The van der Waals surface area contributed by atoms with Crippen molar-refractivity contribution in [2.75, 3.05) is 31.1 Å². The van der Waals surface area contributed by atoms with Gasteiger partial charge in [0.25, 0.3) is 6.01 Å². The van der Waals surface area contributed by atoms with Gasteiger partial charge in [-0.15, -0.1) is 0 Å². The highest BCUT2D eigenvalue weighted by Crippen LogP contribution is 2.25. The van der Waals surface area contributed by atoms with Gasteiger partial charge in [0.2, 0.25) is 0 Å². The third-order valence-electron chi connectivity index (χ3n) is 4.11. The molecule has 6 nitrogen and oxygen atoms in total. The molecule has 0 radical (unpaired) electrons. The Kier molecular flexibility index (Phi) is 4.40. The Labute approximate surface area is 140 Å². The van der Waals surface area contributed by atoms with Crippen molar-refractivity contribution in [1.29, 1.82) is 0 Å². The molecule has 124 valence electrons. The lowest BCUT2D eigenvalue weighted by Gasteiger charge is -2.25. The van der Waals surface area contributed by atoms with Gasteiger partial charge in [0.05, 0.1) is 18.9 Å². The van der Waals surface area contributed by atoms with Gasteiger partial charge in [0.15, 0.2) is 5.58 Å². The van der Waals surface area contributed by atoms with E-state index in [1.54, 1.807) is 6.20 Å². The minimum atomic E-state index is 0.486. The van der Waals surface area contributed by atoms with Gasteiger partial charge in [0, 0.05) is 37.9 Å². The third-order valence-corrected chi connectivity index (χ3v) is 4.11. The second-order valence-corrected chi connectivity index (χ2v) is 5.81. The van der Waals surface area contributed by atoms with Crippen LogP contribution in [0.2, 0.25) is 0 Å². The maximum absolute atomic E-state index is 5.93. The van der Waals surface area contributed by atoms with E-state index in [2.05, 4.69) is 15.2 Å². The van der Waals surface area contributed by atoms with Crippen LogP contribution in [0, 0.1) is 0 Å². The topological polar surface area (TPSA) is 63.4 Å². The van der Waals surface area contributed by atoms with E-state index in [9.17, 15) is 0 Å². The number of oxazole rings is 1. The number of rotatable bonds is 5. The Morgan fingerprint density at radius 2 is 2.00 bits per heavy atom. The number of nitrogens with zero attached hydrogens (tertiary/aromatic N) is 3. The SMILES string of the molecule is c1ccc(COCc2cccc3oc(N4CCNCC4)nc23)nc1. The molecule has 0 aliphatic carbocycles. The first-order chi connectivity index (χ1) is 11.9. The van der Waals surface area contributed by atoms with Gasteiger partial charge in [-0.1, -0.05) is 18.2 Å². The van der Waals surface area contributed by atoms with E-state index in [4.69, 9.17) is 14.1 Å². The average Bonchev–Trinajstić information content (AvgIpc) is 3.09. The van der Waals surface area contributed by atoms with Gasteiger partial charge in [-0.25, -0.2) is 0 Å². The van der Waals surface area contributed by atoms with E-state index in [0.29, 0.717) is 19.2 Å². The molecule has 3 aromatic rings. The summed E-state index contributed by atoms with van der Waals surface area (Å²) in [5, 5.41) is 3.34. The molecule has 2 aromatic heterocycles. The minimum absolute atomic E-state index is 0.486. The molecule has 1 fully saturated rings. The molecule has 0 amide bonds. The summed E-state index contributed by atoms with van der Waals surface area (Å²) in [7, 11) is 0. The molecule has 1 N–H and O–H groups in total. The third kappa shape index (κ3) is 3.25. The Morgan fingerprint density at radius 1 is 1.08 bits per heavy atom. The van der Waals surface area contributed by atoms with Crippen molar-refractivity contribution < 1.29 is 9.15 Å². The quantitative estimate of drug-likeness (QED) is 0.777. The summed E-state index contributed by atoms with van der Waals surface area (Å²) >= 11 is 0. The molecule has 6 heteroatoms. The second kappa shape index (κ2) is 6.98. The molecule has 0 atom stereocenters. The molecule has 0 saturated carbocycles. The second-order valence-electron chi connectivity index (χ2n) is 5.81. The van der Waals surface area contributed by atoms with Gasteiger partial charge < -0.3 is 19.4 Å². The molecule has 3 heterocycles. The molecule has 0 spiro atoms. The number of nitrogens with one attached hydrogen (secondary N) is 1. The van der Waals surface area contributed by atoms with Gasteiger partial charge in [-0.05, 0) is 18.2 Å². The van der Waals surface area contributed by atoms with E-state index in [1.165, 1.54) is 0 Å². The van der Waals surface area contributed by atoms with Crippen molar-refractivity contribution in [2.45, 2.75) is 13.2 Å². The van der Waals surface area contributed by atoms with Crippen molar-refractivity contribution >= 4 is 17.1 Å². The first kappa shape index (κ1) is 15.1. The van der Waals surface area contributed by atoms with Crippen LogP contribution in [0.4, 0.5) is 6.01 Å². The molecular weight excluding hydrogens is 304 g/mol. The van der Waals surface area contributed by atoms with Crippen LogP contribution in [0.15, 0.2) is 47.0 Å². The smallest absolute Gasteiger partial charge is 0.298 e. The Balaban J connectivity index is 1.49.